The van der Waals surface area contributed by atoms with E-state index in [4.69, 9.17) is 31.2 Å². The van der Waals surface area contributed by atoms with Gasteiger partial charge in [-0.1, -0.05) is 60.7 Å². The normalized spacial score (nSPS) is 21.7. The molecule has 0 spiro atoms. The Hall–Kier alpha value is -3.18. The molecule has 0 radical (unpaired) electrons. The van der Waals surface area contributed by atoms with Crippen LogP contribution in [0.25, 0.3) is 5.65 Å². The number of nitrogens with one attached hydrogen (secondary N) is 1. The van der Waals surface area contributed by atoms with Gasteiger partial charge in [-0.3, -0.25) is 5.10 Å². The molecule has 5 rings (SSSR count). The molecule has 0 saturated carbocycles. The summed E-state index contributed by atoms with van der Waals surface area (Å²) in [7, 11) is 0. The Balaban J connectivity index is 1.38. The fraction of sp³-hybridized carbons (Fsp3) is 0.346. The number of rotatable bonds is 10. The highest BCUT2D eigenvalue weighted by molar-refractivity contribution is 7.71. The van der Waals surface area contributed by atoms with Crippen molar-refractivity contribution < 1.29 is 23.3 Å². The van der Waals surface area contributed by atoms with Crippen LogP contribution in [-0.2, 0) is 27.4 Å². The first-order valence-electron chi connectivity index (χ1n) is 11.8. The Labute approximate surface area is 213 Å². The average molecular weight is 511 g/mol. The van der Waals surface area contributed by atoms with Crippen molar-refractivity contribution >= 4 is 17.9 Å². The van der Waals surface area contributed by atoms with Gasteiger partial charge in [-0.15, -0.1) is 0 Å². The molecule has 1 N–H and O–H groups in total. The van der Waals surface area contributed by atoms with Crippen molar-refractivity contribution in [1.82, 2.24) is 19.6 Å². The molecule has 1 fully saturated rings. The molecular weight excluding hydrogens is 483 g/mol. The number of hydrogen-bond donors (Lipinski definition) is 1. The van der Waals surface area contributed by atoms with Gasteiger partial charge in [0.2, 0.25) is 10.4 Å². The van der Waals surface area contributed by atoms with Crippen LogP contribution >= 0.6 is 12.2 Å². The van der Waals surface area contributed by atoms with Gasteiger partial charge in [0.25, 0.3) is 5.88 Å². The Morgan fingerprint density at radius 3 is 2.44 bits per heavy atom. The van der Waals surface area contributed by atoms with Gasteiger partial charge < -0.3 is 18.9 Å². The first-order valence-corrected chi connectivity index (χ1v) is 12.2. The SMILES string of the molecule is CCOc1nc(=S)[nH]n2c([C@@H]3O[C@H](COCc4ccccc4)[C@@H](OCc4ccccc4)[C@H]3F)cnc12. The van der Waals surface area contributed by atoms with E-state index in [1.54, 1.807) is 10.7 Å². The van der Waals surface area contributed by atoms with Crippen LogP contribution in [0, 0.1) is 4.77 Å². The van der Waals surface area contributed by atoms with Gasteiger partial charge in [0.15, 0.2) is 6.17 Å². The predicted octanol–water partition coefficient (Wildman–Crippen LogP) is 4.77. The Kier molecular flexibility index (Phi) is 7.66. The largest absolute Gasteiger partial charge is 0.475 e. The molecule has 2 aromatic heterocycles. The first kappa shape index (κ1) is 24.5. The number of halogens is 1. The molecule has 4 atom stereocenters. The minimum absolute atomic E-state index is 0.170. The summed E-state index contributed by atoms with van der Waals surface area (Å²) >= 11 is 5.24. The molecule has 8 nitrogen and oxygen atoms in total. The van der Waals surface area contributed by atoms with Gasteiger partial charge in [0.1, 0.15) is 18.3 Å². The van der Waals surface area contributed by atoms with Crippen LogP contribution in [0.1, 0.15) is 29.8 Å². The molecule has 1 aliphatic rings. The number of H-pyrrole nitrogens is 1. The molecule has 3 heterocycles. The third-order valence-corrected chi connectivity index (χ3v) is 6.12. The lowest BCUT2D eigenvalue weighted by Crippen LogP contribution is -2.34. The maximum atomic E-state index is 16.0. The van der Waals surface area contributed by atoms with Crippen LogP contribution in [0.3, 0.4) is 0 Å². The lowest BCUT2D eigenvalue weighted by molar-refractivity contribution is -0.0742. The molecule has 1 saturated heterocycles. The summed E-state index contributed by atoms with van der Waals surface area (Å²) in [5.41, 5.74) is 2.84. The fourth-order valence-electron chi connectivity index (χ4n) is 4.25. The Morgan fingerprint density at radius 1 is 1.06 bits per heavy atom. The minimum Gasteiger partial charge on any atom is -0.475 e. The average Bonchev–Trinajstić information content (AvgIpc) is 3.44. The summed E-state index contributed by atoms with van der Waals surface area (Å²) in [6.45, 7) is 3.05. The topological polar surface area (TPSA) is 82.9 Å². The standard InChI is InChI=1S/C26H27FN4O4S/c1-2-33-25-24-28-13-19(31(24)30-26(36)29-25)22-21(27)23(34-15-18-11-7-4-8-12-18)20(35-22)16-32-14-17-9-5-3-6-10-17/h3-13,20-23H,2,14-16H2,1H3,(H,30,36)/t20-,21+,22+,23-/m1/s1. The first-order chi connectivity index (χ1) is 17.6. The molecule has 0 bridgehead atoms. The number of imidazole rings is 1. The van der Waals surface area contributed by atoms with E-state index in [2.05, 4.69) is 15.1 Å². The van der Waals surface area contributed by atoms with E-state index in [0.717, 1.165) is 11.1 Å². The van der Waals surface area contributed by atoms with Crippen molar-refractivity contribution in [3.8, 4) is 5.88 Å². The van der Waals surface area contributed by atoms with Crippen molar-refractivity contribution in [3.63, 3.8) is 0 Å². The van der Waals surface area contributed by atoms with Crippen LogP contribution in [-0.4, -0.2) is 51.2 Å². The number of hydrogen-bond acceptors (Lipinski definition) is 7. The maximum Gasteiger partial charge on any atom is 0.262 e. The predicted molar refractivity (Wildman–Crippen MR) is 133 cm³/mol. The van der Waals surface area contributed by atoms with Crippen LogP contribution in [0.15, 0.2) is 66.9 Å². The third kappa shape index (κ3) is 5.31. The zero-order valence-corrected chi connectivity index (χ0v) is 20.6. The summed E-state index contributed by atoms with van der Waals surface area (Å²) in [4.78, 5) is 8.57. The zero-order chi connectivity index (χ0) is 24.9. The van der Waals surface area contributed by atoms with Crippen molar-refractivity contribution in [2.75, 3.05) is 13.2 Å². The highest BCUT2D eigenvalue weighted by atomic mass is 32.1. The third-order valence-electron chi connectivity index (χ3n) is 5.93. The van der Waals surface area contributed by atoms with Gasteiger partial charge in [-0.2, -0.15) is 4.98 Å². The summed E-state index contributed by atoms with van der Waals surface area (Å²) in [6, 6.07) is 19.4. The maximum absolute atomic E-state index is 16.0. The monoisotopic (exact) mass is 510 g/mol. The number of aromatic amines is 1. The molecule has 0 amide bonds. The Morgan fingerprint density at radius 2 is 1.75 bits per heavy atom. The number of fused-ring (bicyclic) bond motifs is 1. The highest BCUT2D eigenvalue weighted by Gasteiger charge is 2.48. The minimum atomic E-state index is -1.47. The van der Waals surface area contributed by atoms with E-state index < -0.39 is 24.5 Å². The fourth-order valence-corrected chi connectivity index (χ4v) is 4.42. The van der Waals surface area contributed by atoms with Crippen LogP contribution < -0.4 is 4.74 Å². The summed E-state index contributed by atoms with van der Waals surface area (Å²) in [5, 5.41) is 2.95. The lowest BCUT2D eigenvalue weighted by Gasteiger charge is -2.20. The van der Waals surface area contributed by atoms with Gasteiger partial charge in [0.05, 0.1) is 38.3 Å². The molecular formula is C26H27FN4O4S. The molecule has 188 valence electrons. The molecule has 1 aliphatic heterocycles. The van der Waals surface area contributed by atoms with Crippen LogP contribution in [0.5, 0.6) is 5.88 Å². The number of ether oxygens (including phenoxy) is 4. The van der Waals surface area contributed by atoms with Crippen molar-refractivity contribution in [1.29, 1.82) is 0 Å². The molecule has 36 heavy (non-hydrogen) atoms. The summed E-state index contributed by atoms with van der Waals surface area (Å²) in [6.07, 6.45) is -2.34. The second kappa shape index (κ2) is 11.3. The second-order valence-corrected chi connectivity index (χ2v) is 8.80. The van der Waals surface area contributed by atoms with Crippen molar-refractivity contribution in [2.24, 2.45) is 0 Å². The van der Waals surface area contributed by atoms with E-state index in [9.17, 15) is 0 Å². The van der Waals surface area contributed by atoms with Gasteiger partial charge in [-0.25, -0.2) is 13.9 Å². The number of alkyl halides is 1. The quantitative estimate of drug-likeness (QED) is 0.308. The summed E-state index contributed by atoms with van der Waals surface area (Å²) in [5.74, 6) is 0.278. The Bertz CT molecular complexity index is 1330. The molecule has 0 aliphatic carbocycles. The van der Waals surface area contributed by atoms with Gasteiger partial charge >= 0.3 is 0 Å². The van der Waals surface area contributed by atoms with E-state index in [1.807, 2.05) is 67.6 Å². The number of aromatic nitrogens is 4. The van der Waals surface area contributed by atoms with Crippen LogP contribution in [0.4, 0.5) is 4.39 Å². The molecule has 4 aromatic rings. The zero-order valence-electron chi connectivity index (χ0n) is 19.7. The lowest BCUT2D eigenvalue weighted by atomic mass is 10.1. The molecule has 2 aromatic carbocycles. The number of nitrogens with zero attached hydrogens (tertiary/aromatic N) is 3. The van der Waals surface area contributed by atoms with E-state index >= 15 is 4.39 Å². The molecule has 0 unspecified atom stereocenters. The van der Waals surface area contributed by atoms with E-state index in [0.29, 0.717) is 24.6 Å². The van der Waals surface area contributed by atoms with Crippen molar-refractivity contribution in [3.05, 3.63) is 88.5 Å². The smallest absolute Gasteiger partial charge is 0.262 e. The van der Waals surface area contributed by atoms with E-state index in [1.165, 1.54) is 0 Å². The van der Waals surface area contributed by atoms with Gasteiger partial charge in [-0.05, 0) is 30.3 Å². The second-order valence-electron chi connectivity index (χ2n) is 8.41. The summed E-state index contributed by atoms with van der Waals surface area (Å²) < 4.78 is 41.5. The number of benzene rings is 2. The van der Waals surface area contributed by atoms with Crippen LogP contribution in [0.2, 0.25) is 0 Å². The highest BCUT2D eigenvalue weighted by Crippen LogP contribution is 2.38. The van der Waals surface area contributed by atoms with Gasteiger partial charge in [0, 0.05) is 0 Å². The van der Waals surface area contributed by atoms with Crippen molar-refractivity contribution in [2.45, 2.75) is 44.6 Å². The molecule has 10 heteroatoms. The van der Waals surface area contributed by atoms with E-state index in [-0.39, 0.29) is 23.9 Å².